The van der Waals surface area contributed by atoms with Gasteiger partial charge in [0.1, 0.15) is 6.04 Å². The van der Waals surface area contributed by atoms with Crippen LogP contribution in [0.2, 0.25) is 0 Å². The molecule has 72 valence electrons. The van der Waals surface area contributed by atoms with Gasteiger partial charge in [-0.15, -0.1) is 12.4 Å². The summed E-state index contributed by atoms with van der Waals surface area (Å²) in [6.45, 7) is 0.732. The van der Waals surface area contributed by atoms with Crippen LogP contribution in [0.3, 0.4) is 0 Å². The highest BCUT2D eigenvalue weighted by Gasteiger charge is 2.25. The molecule has 0 aliphatic carbocycles. The topological polar surface area (TPSA) is 58.6 Å². The quantitative estimate of drug-likeness (QED) is 0.664. The number of hydrogen-bond acceptors (Lipinski definition) is 3. The molecule has 4 nitrogen and oxygen atoms in total. The van der Waals surface area contributed by atoms with Crippen molar-refractivity contribution in [2.24, 2.45) is 0 Å². The van der Waals surface area contributed by atoms with E-state index in [9.17, 15) is 4.79 Å². The maximum absolute atomic E-state index is 10.5. The van der Waals surface area contributed by atoms with E-state index in [1.165, 1.54) is 0 Å². The number of ether oxygens (including phenoxy) is 1. The Balaban J connectivity index is 0.00000121. The van der Waals surface area contributed by atoms with Crippen LogP contribution in [0.25, 0.3) is 0 Å². The Labute approximate surface area is 77.7 Å². The van der Waals surface area contributed by atoms with Gasteiger partial charge in [-0.1, -0.05) is 0 Å². The van der Waals surface area contributed by atoms with Crippen LogP contribution in [0.4, 0.5) is 0 Å². The first kappa shape index (κ1) is 11.7. The van der Waals surface area contributed by atoms with Gasteiger partial charge in [-0.2, -0.15) is 0 Å². The monoisotopic (exact) mass is 195 g/mol. The van der Waals surface area contributed by atoms with Crippen molar-refractivity contribution in [2.75, 3.05) is 13.7 Å². The zero-order chi connectivity index (χ0) is 8.27. The third kappa shape index (κ3) is 2.97. The van der Waals surface area contributed by atoms with Gasteiger partial charge in [0, 0.05) is 7.11 Å². The van der Waals surface area contributed by atoms with Gasteiger partial charge < -0.3 is 15.2 Å². The average Bonchev–Trinajstić information content (AvgIpc) is 2.05. The molecule has 2 N–H and O–H groups in total. The molecule has 0 aromatic rings. The van der Waals surface area contributed by atoms with Crippen molar-refractivity contribution in [3.8, 4) is 0 Å². The molecule has 5 heteroatoms. The summed E-state index contributed by atoms with van der Waals surface area (Å²) in [4.78, 5) is 10.5. The fourth-order valence-corrected chi connectivity index (χ4v) is 1.28. The average molecular weight is 196 g/mol. The molecule has 1 heterocycles. The standard InChI is InChI=1S/C7H13NO3.ClH/c1-11-5-2-3-8-6(4-5)7(9)10;/h5-6,8H,2-4H2,1H3,(H,9,10);1H/t5?,6-;/m0./s1. The molecule has 1 aliphatic rings. The van der Waals surface area contributed by atoms with Gasteiger partial charge in [0.2, 0.25) is 0 Å². The molecule has 0 aromatic carbocycles. The van der Waals surface area contributed by atoms with E-state index < -0.39 is 12.0 Å². The normalized spacial score (nSPS) is 29.1. The molecular formula is C7H14ClNO3. The van der Waals surface area contributed by atoms with Crippen molar-refractivity contribution in [1.29, 1.82) is 0 Å². The molecule has 1 unspecified atom stereocenters. The lowest BCUT2D eigenvalue weighted by Crippen LogP contribution is -2.45. The summed E-state index contributed by atoms with van der Waals surface area (Å²) in [5.74, 6) is -0.785. The molecule has 12 heavy (non-hydrogen) atoms. The third-order valence-corrected chi connectivity index (χ3v) is 1.99. The molecule has 0 amide bonds. The van der Waals surface area contributed by atoms with E-state index in [0.29, 0.717) is 6.42 Å². The number of carboxylic acids is 1. The minimum Gasteiger partial charge on any atom is -0.480 e. The van der Waals surface area contributed by atoms with Crippen molar-refractivity contribution < 1.29 is 14.6 Å². The fourth-order valence-electron chi connectivity index (χ4n) is 1.28. The number of halogens is 1. The second-order valence-corrected chi connectivity index (χ2v) is 2.73. The van der Waals surface area contributed by atoms with Crippen molar-refractivity contribution in [1.82, 2.24) is 5.32 Å². The second-order valence-electron chi connectivity index (χ2n) is 2.73. The van der Waals surface area contributed by atoms with Gasteiger partial charge in [-0.25, -0.2) is 0 Å². The van der Waals surface area contributed by atoms with Gasteiger partial charge >= 0.3 is 5.97 Å². The number of aliphatic carboxylic acids is 1. The van der Waals surface area contributed by atoms with Gasteiger partial charge in [-0.05, 0) is 19.4 Å². The largest absolute Gasteiger partial charge is 0.480 e. The molecule has 0 bridgehead atoms. The van der Waals surface area contributed by atoms with E-state index >= 15 is 0 Å². The number of carboxylic acid groups (broad SMARTS) is 1. The van der Waals surface area contributed by atoms with Crippen LogP contribution in [0.15, 0.2) is 0 Å². The van der Waals surface area contributed by atoms with E-state index in [-0.39, 0.29) is 18.5 Å². The van der Waals surface area contributed by atoms with E-state index in [2.05, 4.69) is 5.32 Å². The zero-order valence-corrected chi connectivity index (χ0v) is 7.76. The lowest BCUT2D eigenvalue weighted by atomic mass is 10.0. The minimum atomic E-state index is -0.785. The highest BCUT2D eigenvalue weighted by Crippen LogP contribution is 2.11. The number of methoxy groups -OCH3 is 1. The Hall–Kier alpha value is -0.320. The van der Waals surface area contributed by atoms with E-state index in [0.717, 1.165) is 13.0 Å². The zero-order valence-electron chi connectivity index (χ0n) is 6.95. The van der Waals surface area contributed by atoms with Crippen molar-refractivity contribution in [2.45, 2.75) is 25.0 Å². The first-order chi connectivity index (χ1) is 5.24. The first-order valence-corrected chi connectivity index (χ1v) is 3.73. The molecule has 1 aliphatic heterocycles. The van der Waals surface area contributed by atoms with Crippen molar-refractivity contribution in [3.63, 3.8) is 0 Å². The molecule has 1 rings (SSSR count). The summed E-state index contributed by atoms with van der Waals surface area (Å²) < 4.78 is 5.07. The molecule has 0 radical (unpaired) electrons. The van der Waals surface area contributed by atoms with E-state index in [1.54, 1.807) is 7.11 Å². The maximum atomic E-state index is 10.5. The molecule has 2 atom stereocenters. The summed E-state index contributed by atoms with van der Waals surface area (Å²) in [5, 5.41) is 11.5. The summed E-state index contributed by atoms with van der Waals surface area (Å²) in [6, 6.07) is -0.423. The lowest BCUT2D eigenvalue weighted by Gasteiger charge is -2.26. The highest BCUT2D eigenvalue weighted by molar-refractivity contribution is 5.85. The lowest BCUT2D eigenvalue weighted by molar-refractivity contribution is -0.141. The Morgan fingerprint density at radius 3 is 2.83 bits per heavy atom. The SMILES string of the molecule is COC1CCN[C@H](C(=O)O)C1.Cl. The van der Waals surface area contributed by atoms with Crippen LogP contribution in [0, 0.1) is 0 Å². The smallest absolute Gasteiger partial charge is 0.320 e. The maximum Gasteiger partial charge on any atom is 0.320 e. The Bertz CT molecular complexity index is 154. The predicted octanol–water partition coefficient (Wildman–Crippen LogP) is 0.260. The Morgan fingerprint density at radius 2 is 2.33 bits per heavy atom. The van der Waals surface area contributed by atoms with Crippen LogP contribution in [-0.4, -0.2) is 36.9 Å². The summed E-state index contributed by atoms with van der Waals surface area (Å²) in [7, 11) is 1.62. The van der Waals surface area contributed by atoms with Crippen LogP contribution >= 0.6 is 12.4 Å². The van der Waals surface area contributed by atoms with Crippen LogP contribution in [-0.2, 0) is 9.53 Å². The number of piperidine rings is 1. The van der Waals surface area contributed by atoms with Gasteiger partial charge in [0.25, 0.3) is 0 Å². The summed E-state index contributed by atoms with van der Waals surface area (Å²) in [5.41, 5.74) is 0. The molecular weight excluding hydrogens is 182 g/mol. The molecule has 1 saturated heterocycles. The van der Waals surface area contributed by atoms with Crippen LogP contribution in [0.5, 0.6) is 0 Å². The van der Waals surface area contributed by atoms with Gasteiger partial charge in [0.05, 0.1) is 6.10 Å². The minimum absolute atomic E-state index is 0. The molecule has 0 spiro atoms. The molecule has 0 saturated carbocycles. The van der Waals surface area contributed by atoms with Crippen molar-refractivity contribution >= 4 is 18.4 Å². The summed E-state index contributed by atoms with van der Waals surface area (Å²) in [6.07, 6.45) is 1.59. The number of nitrogens with one attached hydrogen (secondary N) is 1. The molecule has 1 fully saturated rings. The first-order valence-electron chi connectivity index (χ1n) is 3.73. The van der Waals surface area contributed by atoms with Crippen LogP contribution in [0.1, 0.15) is 12.8 Å². The second kappa shape index (κ2) is 5.35. The predicted molar refractivity (Wildman–Crippen MR) is 46.7 cm³/mol. The Morgan fingerprint density at radius 1 is 1.67 bits per heavy atom. The van der Waals surface area contributed by atoms with E-state index in [1.807, 2.05) is 0 Å². The number of carbonyl (C=O) groups is 1. The number of rotatable bonds is 2. The highest BCUT2D eigenvalue weighted by atomic mass is 35.5. The number of hydrogen-bond donors (Lipinski definition) is 2. The molecule has 0 aromatic heterocycles. The van der Waals surface area contributed by atoms with Crippen LogP contribution < -0.4 is 5.32 Å². The fraction of sp³-hybridized carbons (Fsp3) is 0.857. The van der Waals surface area contributed by atoms with E-state index in [4.69, 9.17) is 9.84 Å². The van der Waals surface area contributed by atoms with Gasteiger partial charge in [0.15, 0.2) is 0 Å². The van der Waals surface area contributed by atoms with Gasteiger partial charge in [-0.3, -0.25) is 4.79 Å². The third-order valence-electron chi connectivity index (χ3n) is 1.99. The summed E-state index contributed by atoms with van der Waals surface area (Å²) >= 11 is 0. The Kier molecular flexibility index (Phi) is 5.20. The van der Waals surface area contributed by atoms with Crippen molar-refractivity contribution in [3.05, 3.63) is 0 Å².